The van der Waals surface area contributed by atoms with Crippen molar-refractivity contribution in [1.82, 2.24) is 4.90 Å². The number of hydrogen-bond acceptors (Lipinski definition) is 11. The van der Waals surface area contributed by atoms with Crippen molar-refractivity contribution in [3.63, 3.8) is 0 Å². The summed E-state index contributed by atoms with van der Waals surface area (Å²) in [6, 6.07) is 20.4. The van der Waals surface area contributed by atoms with E-state index in [0.717, 1.165) is 60.7 Å². The van der Waals surface area contributed by atoms with Gasteiger partial charge in [0.05, 0.1) is 44.2 Å². The number of unbranched alkanes of at least 4 members (excludes halogenated alkanes) is 2. The van der Waals surface area contributed by atoms with Gasteiger partial charge in [0, 0.05) is 64.3 Å². The van der Waals surface area contributed by atoms with Gasteiger partial charge in [-0.05, 0) is 72.9 Å². The number of piperidine rings is 1. The van der Waals surface area contributed by atoms with Crippen molar-refractivity contribution in [3.05, 3.63) is 93.8 Å². The Bertz CT molecular complexity index is 1680. The van der Waals surface area contributed by atoms with Gasteiger partial charge in [-0.3, -0.25) is 4.79 Å². The molecule has 0 spiro atoms. The number of amides is 1. The molecule has 0 radical (unpaired) electrons. The van der Waals surface area contributed by atoms with Crippen molar-refractivity contribution in [3.8, 4) is 11.5 Å². The normalized spacial score (nSPS) is 21.1. The SMILES string of the molecule is COCCCN1CCOc2ccc(COC3CN(C(=O)CCCCCO[N+](=O)[O-])CC(O)C3c3ccc(OC4CCN(c5cccc(F)c5)C4)cc3)cc21. The average Bonchev–Trinajstić information content (AvgIpc) is 3.64. The number of halogens is 1. The molecule has 0 bridgehead atoms. The number of nitrogens with zero attached hydrogens (tertiary/aromatic N) is 4. The van der Waals surface area contributed by atoms with E-state index in [0.29, 0.717) is 51.3 Å². The summed E-state index contributed by atoms with van der Waals surface area (Å²) in [5, 5.41) is 21.2. The number of likely N-dealkylation sites (tertiary alicyclic amines) is 1. The number of β-amino-alcohol motifs (C(OH)–C–C–N with tert-alkyl or cyclic N) is 1. The molecule has 54 heavy (non-hydrogen) atoms. The minimum Gasteiger partial charge on any atom is -0.490 e. The van der Waals surface area contributed by atoms with Gasteiger partial charge in [-0.15, -0.1) is 10.1 Å². The Morgan fingerprint density at radius 2 is 1.85 bits per heavy atom. The van der Waals surface area contributed by atoms with Crippen LogP contribution in [0, 0.1) is 15.9 Å². The van der Waals surface area contributed by atoms with E-state index in [4.69, 9.17) is 18.9 Å². The molecule has 13 nitrogen and oxygen atoms in total. The van der Waals surface area contributed by atoms with Crippen molar-refractivity contribution >= 4 is 17.3 Å². The smallest absolute Gasteiger partial charge is 0.294 e. The van der Waals surface area contributed by atoms with Crippen molar-refractivity contribution < 1.29 is 43.2 Å². The molecule has 292 valence electrons. The van der Waals surface area contributed by atoms with E-state index in [1.807, 2.05) is 42.5 Å². The minimum atomic E-state index is -0.879. The maximum atomic E-state index is 13.8. The lowest BCUT2D eigenvalue weighted by Gasteiger charge is -2.42. The van der Waals surface area contributed by atoms with Crippen LogP contribution in [0.3, 0.4) is 0 Å². The van der Waals surface area contributed by atoms with Crippen molar-refractivity contribution in [2.24, 2.45) is 0 Å². The van der Waals surface area contributed by atoms with Crippen LogP contribution in [0.1, 0.15) is 55.6 Å². The fourth-order valence-electron chi connectivity index (χ4n) is 7.58. The topological polar surface area (TPSA) is 136 Å². The van der Waals surface area contributed by atoms with Crippen LogP contribution in [0.2, 0.25) is 0 Å². The van der Waals surface area contributed by atoms with Crippen LogP contribution in [0.5, 0.6) is 11.5 Å². The number of benzene rings is 3. The lowest BCUT2D eigenvalue weighted by atomic mass is 9.84. The number of methoxy groups -OCH3 is 1. The summed E-state index contributed by atoms with van der Waals surface area (Å²) < 4.78 is 37.9. The third kappa shape index (κ3) is 10.5. The first-order valence-electron chi connectivity index (χ1n) is 18.9. The first kappa shape index (κ1) is 39.0. The van der Waals surface area contributed by atoms with E-state index in [2.05, 4.69) is 20.7 Å². The van der Waals surface area contributed by atoms with Crippen LogP contribution < -0.4 is 19.3 Å². The molecular formula is C40H51FN4O9. The molecule has 14 heteroatoms. The molecule has 0 aromatic heterocycles. The van der Waals surface area contributed by atoms with E-state index >= 15 is 0 Å². The molecule has 4 unspecified atom stereocenters. The quantitative estimate of drug-likeness (QED) is 0.102. The van der Waals surface area contributed by atoms with Gasteiger partial charge < -0.3 is 43.6 Å². The van der Waals surface area contributed by atoms with Gasteiger partial charge in [0.1, 0.15) is 30.0 Å². The van der Waals surface area contributed by atoms with Gasteiger partial charge in [0.2, 0.25) is 5.91 Å². The number of hydrogen-bond donors (Lipinski definition) is 1. The Kier molecular flexibility index (Phi) is 13.8. The standard InChI is InChI=1S/C40H51FN4O9/c1-50-20-6-17-42-19-22-51-37-15-10-29(23-35(37)42)28-52-38-27-44(39(47)9-3-2-4-21-53-45(48)49)26-36(46)40(38)30-11-13-33(14-12-30)54-34-16-18-43(25-34)32-8-5-7-31(41)24-32/h5,7-8,10-15,23-24,34,36,38,40,46H,2-4,6,9,16-22,25-28H2,1H3. The van der Waals surface area contributed by atoms with Gasteiger partial charge >= 0.3 is 0 Å². The van der Waals surface area contributed by atoms with Crippen molar-refractivity contribution in [1.29, 1.82) is 0 Å². The maximum Gasteiger partial charge on any atom is 0.294 e. The molecule has 3 heterocycles. The highest BCUT2D eigenvalue weighted by atomic mass is 19.1. The van der Waals surface area contributed by atoms with Crippen LogP contribution in [0.25, 0.3) is 0 Å². The van der Waals surface area contributed by atoms with E-state index in [1.54, 1.807) is 18.1 Å². The number of aliphatic hydroxyl groups is 1. The molecule has 3 aromatic carbocycles. The second kappa shape index (κ2) is 19.1. The number of ether oxygens (including phenoxy) is 4. The maximum absolute atomic E-state index is 13.8. The Labute approximate surface area is 315 Å². The highest BCUT2D eigenvalue weighted by molar-refractivity contribution is 5.76. The molecule has 1 N–H and O–H groups in total. The summed E-state index contributed by atoms with van der Waals surface area (Å²) in [5.41, 5.74) is 3.69. The molecule has 2 saturated heterocycles. The zero-order chi connectivity index (χ0) is 37.9. The lowest BCUT2D eigenvalue weighted by molar-refractivity contribution is -0.757. The van der Waals surface area contributed by atoms with Gasteiger partial charge in [0.25, 0.3) is 5.09 Å². The molecule has 2 fully saturated rings. The molecule has 3 aliphatic rings. The predicted octanol–water partition coefficient (Wildman–Crippen LogP) is 5.36. The minimum absolute atomic E-state index is 0.00120. The average molecular weight is 751 g/mol. The second-order valence-corrected chi connectivity index (χ2v) is 14.1. The highest BCUT2D eigenvalue weighted by Gasteiger charge is 2.39. The Morgan fingerprint density at radius 1 is 1.00 bits per heavy atom. The molecule has 3 aromatic rings. The van der Waals surface area contributed by atoms with Gasteiger partial charge in [-0.25, -0.2) is 4.39 Å². The van der Waals surface area contributed by atoms with Crippen LogP contribution in [-0.2, 0) is 25.7 Å². The summed E-state index contributed by atoms with van der Waals surface area (Å²) in [5.74, 6) is 0.782. The molecule has 1 amide bonds. The van der Waals surface area contributed by atoms with E-state index in [-0.39, 0.29) is 44.0 Å². The first-order chi connectivity index (χ1) is 26.3. The molecule has 0 saturated carbocycles. The highest BCUT2D eigenvalue weighted by Crippen LogP contribution is 2.36. The van der Waals surface area contributed by atoms with Gasteiger partial charge in [0.15, 0.2) is 0 Å². The predicted molar refractivity (Wildman–Crippen MR) is 200 cm³/mol. The second-order valence-electron chi connectivity index (χ2n) is 14.1. The summed E-state index contributed by atoms with van der Waals surface area (Å²) in [4.78, 5) is 34.2. The first-order valence-corrected chi connectivity index (χ1v) is 18.9. The molecular weight excluding hydrogens is 699 g/mol. The van der Waals surface area contributed by atoms with E-state index in [1.165, 1.54) is 12.1 Å². The Hall–Kier alpha value is -4.66. The summed E-state index contributed by atoms with van der Waals surface area (Å²) in [6.45, 7) is 5.08. The molecule has 3 aliphatic heterocycles. The Balaban J connectivity index is 1.12. The molecule has 0 aliphatic carbocycles. The zero-order valence-corrected chi connectivity index (χ0v) is 30.9. The summed E-state index contributed by atoms with van der Waals surface area (Å²) in [6.07, 6.45) is 2.19. The summed E-state index contributed by atoms with van der Waals surface area (Å²) in [7, 11) is 1.70. The van der Waals surface area contributed by atoms with Gasteiger partial charge in [-0.2, -0.15) is 0 Å². The number of fused-ring (bicyclic) bond motifs is 1. The number of rotatable bonds is 18. The van der Waals surface area contributed by atoms with Crippen LogP contribution in [-0.4, -0.2) is 106 Å². The molecule has 6 rings (SSSR count). The monoisotopic (exact) mass is 750 g/mol. The van der Waals surface area contributed by atoms with E-state index < -0.39 is 23.2 Å². The Morgan fingerprint density at radius 3 is 2.65 bits per heavy atom. The third-order valence-electron chi connectivity index (χ3n) is 10.3. The number of carbonyl (C=O) groups is 1. The van der Waals surface area contributed by atoms with E-state index in [9.17, 15) is 24.4 Å². The molecule has 4 atom stereocenters. The van der Waals surface area contributed by atoms with Crippen molar-refractivity contribution in [2.75, 3.05) is 76.0 Å². The fraction of sp³-hybridized carbons (Fsp3) is 0.525. The summed E-state index contributed by atoms with van der Waals surface area (Å²) >= 11 is 0. The lowest BCUT2D eigenvalue weighted by Crippen LogP contribution is -2.53. The largest absolute Gasteiger partial charge is 0.490 e. The number of anilines is 2. The zero-order valence-electron chi connectivity index (χ0n) is 30.9. The number of carbonyl (C=O) groups excluding carboxylic acids is 1. The van der Waals surface area contributed by atoms with Crippen molar-refractivity contribution in [2.45, 2.75) is 69.4 Å². The van der Waals surface area contributed by atoms with Crippen LogP contribution >= 0.6 is 0 Å². The van der Waals surface area contributed by atoms with Crippen LogP contribution in [0.4, 0.5) is 15.8 Å². The number of aliphatic hydroxyl groups excluding tert-OH is 1. The fourth-order valence-corrected chi connectivity index (χ4v) is 7.58. The van der Waals surface area contributed by atoms with Gasteiger partial charge in [-0.1, -0.05) is 30.7 Å². The third-order valence-corrected chi connectivity index (χ3v) is 10.3. The van der Waals surface area contributed by atoms with Crippen LogP contribution in [0.15, 0.2) is 66.7 Å².